The number of halogens is 4. The van der Waals surface area contributed by atoms with Crippen LogP contribution in [-0.4, -0.2) is 35.4 Å². The highest BCUT2D eigenvalue weighted by Gasteiger charge is 2.29. The summed E-state index contributed by atoms with van der Waals surface area (Å²) >= 11 is 5.46. The van der Waals surface area contributed by atoms with Crippen LogP contribution < -0.4 is 0 Å². The van der Waals surface area contributed by atoms with Crippen LogP contribution in [0.5, 0.6) is 0 Å². The van der Waals surface area contributed by atoms with Gasteiger partial charge in [-0.15, -0.1) is 11.6 Å². The van der Waals surface area contributed by atoms with Gasteiger partial charge in [0.1, 0.15) is 0 Å². The maximum atomic E-state index is 11.9. The lowest BCUT2D eigenvalue weighted by Crippen LogP contribution is -2.38. The molecule has 0 fully saturated rings. The molecule has 1 amide bonds. The van der Waals surface area contributed by atoms with E-state index in [1.807, 2.05) is 0 Å². The molecule has 0 radical (unpaired) electrons. The molecule has 0 aliphatic heterocycles. The van der Waals surface area contributed by atoms with Crippen molar-refractivity contribution in [2.45, 2.75) is 38.9 Å². The molecule has 0 aromatic heterocycles. The van der Waals surface area contributed by atoms with Crippen LogP contribution in [0.2, 0.25) is 0 Å². The molecule has 0 unspecified atom stereocenters. The Hall–Kier alpha value is -0.450. The summed E-state index contributed by atoms with van der Waals surface area (Å²) in [7, 11) is 0. The van der Waals surface area contributed by atoms with Gasteiger partial charge in [0.2, 0.25) is 5.91 Å². The monoisotopic (exact) mass is 245 g/mol. The van der Waals surface area contributed by atoms with Crippen molar-refractivity contribution < 1.29 is 18.0 Å². The third-order valence-corrected chi connectivity index (χ3v) is 2.06. The van der Waals surface area contributed by atoms with Gasteiger partial charge in [0.15, 0.2) is 0 Å². The third kappa shape index (κ3) is 6.60. The van der Waals surface area contributed by atoms with Crippen molar-refractivity contribution in [3.05, 3.63) is 0 Å². The maximum absolute atomic E-state index is 11.9. The molecule has 0 aliphatic rings. The van der Waals surface area contributed by atoms with Gasteiger partial charge >= 0.3 is 6.18 Å². The summed E-state index contributed by atoms with van der Waals surface area (Å²) in [6.45, 7) is 3.78. The van der Waals surface area contributed by atoms with E-state index in [4.69, 9.17) is 11.6 Å². The Kier molecular flexibility index (Phi) is 6.02. The number of alkyl halides is 4. The lowest BCUT2D eigenvalue weighted by molar-refractivity contribution is -0.149. The largest absolute Gasteiger partial charge is 0.389 e. The van der Waals surface area contributed by atoms with Crippen LogP contribution in [0.3, 0.4) is 0 Å². The second-order valence-corrected chi connectivity index (χ2v) is 3.86. The number of rotatable bonds is 5. The summed E-state index contributed by atoms with van der Waals surface area (Å²) < 4.78 is 35.6. The Balaban J connectivity index is 4.15. The standard InChI is InChI=1S/C9H15ClF3NO/c1-7(2)14(6-5-10)8(15)3-4-9(11,12)13/h7H,3-6H2,1-2H3. The van der Waals surface area contributed by atoms with Gasteiger partial charge in [-0.3, -0.25) is 4.79 Å². The second-order valence-electron chi connectivity index (χ2n) is 3.49. The predicted octanol–water partition coefficient (Wildman–Crippen LogP) is 2.80. The van der Waals surface area contributed by atoms with Crippen LogP contribution in [0.1, 0.15) is 26.7 Å². The summed E-state index contributed by atoms with van der Waals surface area (Å²) in [4.78, 5) is 12.7. The molecule has 0 rings (SSSR count). The average Bonchev–Trinajstić information content (AvgIpc) is 2.08. The van der Waals surface area contributed by atoms with Gasteiger partial charge in [-0.2, -0.15) is 13.2 Å². The zero-order valence-corrected chi connectivity index (χ0v) is 9.53. The molecule has 0 saturated heterocycles. The molecule has 0 spiro atoms. The minimum atomic E-state index is -4.28. The molecule has 0 heterocycles. The van der Waals surface area contributed by atoms with E-state index in [1.165, 1.54) is 4.90 Å². The van der Waals surface area contributed by atoms with Gasteiger partial charge in [-0.25, -0.2) is 0 Å². The summed E-state index contributed by atoms with van der Waals surface area (Å²) in [5.74, 6) is -0.265. The quantitative estimate of drug-likeness (QED) is 0.682. The van der Waals surface area contributed by atoms with Crippen molar-refractivity contribution in [3.63, 3.8) is 0 Å². The first-order valence-electron chi connectivity index (χ1n) is 4.70. The Morgan fingerprint density at radius 1 is 1.40 bits per heavy atom. The van der Waals surface area contributed by atoms with Crippen molar-refractivity contribution in [1.29, 1.82) is 0 Å². The van der Waals surface area contributed by atoms with E-state index in [9.17, 15) is 18.0 Å². The summed E-state index contributed by atoms with van der Waals surface area (Å²) in [5, 5.41) is 0. The van der Waals surface area contributed by atoms with Crippen LogP contribution in [0.25, 0.3) is 0 Å². The Bertz CT molecular complexity index is 206. The smallest absolute Gasteiger partial charge is 0.339 e. The van der Waals surface area contributed by atoms with E-state index >= 15 is 0 Å². The number of amides is 1. The van der Waals surface area contributed by atoms with Crippen molar-refractivity contribution >= 4 is 17.5 Å². The van der Waals surface area contributed by atoms with Crippen LogP contribution >= 0.6 is 11.6 Å². The highest BCUT2D eigenvalue weighted by molar-refractivity contribution is 6.18. The summed E-state index contributed by atoms with van der Waals surface area (Å²) in [6.07, 6.45) is -5.85. The SMILES string of the molecule is CC(C)N(CCCl)C(=O)CCC(F)(F)F. The second kappa shape index (κ2) is 6.20. The first kappa shape index (κ1) is 14.6. The van der Waals surface area contributed by atoms with Crippen LogP contribution in [0.4, 0.5) is 13.2 Å². The Morgan fingerprint density at radius 3 is 2.27 bits per heavy atom. The minimum absolute atomic E-state index is 0.121. The zero-order valence-electron chi connectivity index (χ0n) is 8.77. The van der Waals surface area contributed by atoms with Gasteiger partial charge in [-0.05, 0) is 13.8 Å². The Labute approximate surface area is 92.4 Å². The van der Waals surface area contributed by atoms with Crippen molar-refractivity contribution in [3.8, 4) is 0 Å². The summed E-state index contributed by atoms with van der Waals surface area (Å²) in [5.41, 5.74) is 0. The van der Waals surface area contributed by atoms with E-state index < -0.39 is 24.9 Å². The lowest BCUT2D eigenvalue weighted by atomic mass is 10.2. The maximum Gasteiger partial charge on any atom is 0.389 e. The molecule has 15 heavy (non-hydrogen) atoms. The van der Waals surface area contributed by atoms with E-state index in [-0.39, 0.29) is 18.5 Å². The molecule has 90 valence electrons. The fourth-order valence-corrected chi connectivity index (χ4v) is 1.34. The summed E-state index contributed by atoms with van der Waals surface area (Å²) in [6, 6.07) is -0.121. The molecule has 0 aromatic rings. The van der Waals surface area contributed by atoms with Crippen LogP contribution in [-0.2, 0) is 4.79 Å². The first-order chi connectivity index (χ1) is 6.78. The number of carbonyl (C=O) groups excluding carboxylic acids is 1. The molecule has 0 bridgehead atoms. The van der Waals surface area contributed by atoms with Crippen molar-refractivity contribution in [2.75, 3.05) is 12.4 Å². The number of hydrogen-bond donors (Lipinski definition) is 0. The number of carbonyl (C=O) groups is 1. The van der Waals surface area contributed by atoms with E-state index in [2.05, 4.69) is 0 Å². The molecule has 0 atom stereocenters. The Morgan fingerprint density at radius 2 is 1.93 bits per heavy atom. The van der Waals surface area contributed by atoms with E-state index in [0.29, 0.717) is 0 Å². The van der Waals surface area contributed by atoms with Crippen LogP contribution in [0.15, 0.2) is 0 Å². The lowest BCUT2D eigenvalue weighted by Gasteiger charge is -2.26. The fourth-order valence-electron chi connectivity index (χ4n) is 1.15. The topological polar surface area (TPSA) is 20.3 Å². The molecule has 0 N–H and O–H groups in total. The minimum Gasteiger partial charge on any atom is -0.339 e. The van der Waals surface area contributed by atoms with Crippen molar-refractivity contribution in [2.24, 2.45) is 0 Å². The third-order valence-electron chi connectivity index (χ3n) is 1.89. The van der Waals surface area contributed by atoms with Gasteiger partial charge in [0.25, 0.3) is 0 Å². The average molecular weight is 246 g/mol. The van der Waals surface area contributed by atoms with Gasteiger partial charge in [0, 0.05) is 24.9 Å². The van der Waals surface area contributed by atoms with Gasteiger partial charge in [0.05, 0.1) is 6.42 Å². The van der Waals surface area contributed by atoms with Crippen LogP contribution in [0, 0.1) is 0 Å². The molecule has 2 nitrogen and oxygen atoms in total. The molecular weight excluding hydrogens is 231 g/mol. The van der Waals surface area contributed by atoms with E-state index in [1.54, 1.807) is 13.8 Å². The number of nitrogens with zero attached hydrogens (tertiary/aromatic N) is 1. The first-order valence-corrected chi connectivity index (χ1v) is 5.23. The van der Waals surface area contributed by atoms with Crippen molar-refractivity contribution in [1.82, 2.24) is 4.90 Å². The molecular formula is C9H15ClF3NO. The normalized spacial score (nSPS) is 11.9. The number of hydrogen-bond acceptors (Lipinski definition) is 1. The molecule has 0 saturated carbocycles. The molecule has 0 aromatic carbocycles. The zero-order chi connectivity index (χ0) is 12.1. The fraction of sp³-hybridized carbons (Fsp3) is 0.889. The molecule has 0 aliphatic carbocycles. The highest BCUT2D eigenvalue weighted by atomic mass is 35.5. The predicted molar refractivity (Wildman–Crippen MR) is 52.9 cm³/mol. The van der Waals surface area contributed by atoms with Gasteiger partial charge in [-0.1, -0.05) is 0 Å². The molecule has 6 heteroatoms. The van der Waals surface area contributed by atoms with Gasteiger partial charge < -0.3 is 4.90 Å². The highest BCUT2D eigenvalue weighted by Crippen LogP contribution is 2.22. The van der Waals surface area contributed by atoms with E-state index in [0.717, 1.165) is 0 Å².